The van der Waals surface area contributed by atoms with Crippen molar-refractivity contribution >= 4 is 17.6 Å². The number of nitrogens with zero attached hydrogens (tertiary/aromatic N) is 2. The van der Waals surface area contributed by atoms with Crippen LogP contribution in [0, 0.1) is 0 Å². The molecule has 0 saturated heterocycles. The molecule has 2 amide bonds. The zero-order chi connectivity index (χ0) is 18.2. The predicted molar refractivity (Wildman–Crippen MR) is 103 cm³/mol. The number of hydrogen-bond acceptors (Lipinski definition) is 3. The SMILES string of the molecule is O=C(NCCc1cnc(-c2ccccc2)nc1)NCc1ccc(Cl)cc1. The fourth-order valence-corrected chi connectivity index (χ4v) is 2.51. The van der Waals surface area contributed by atoms with Crippen LogP contribution in [0.5, 0.6) is 0 Å². The molecule has 6 heteroatoms. The summed E-state index contributed by atoms with van der Waals surface area (Å²) in [5, 5.41) is 6.32. The van der Waals surface area contributed by atoms with Crippen molar-refractivity contribution < 1.29 is 4.79 Å². The van der Waals surface area contributed by atoms with E-state index < -0.39 is 0 Å². The molecule has 2 N–H and O–H groups in total. The summed E-state index contributed by atoms with van der Waals surface area (Å²) in [6.45, 7) is 0.971. The Bertz CT molecular complexity index is 836. The number of amides is 2. The molecule has 0 bridgehead atoms. The number of benzene rings is 2. The van der Waals surface area contributed by atoms with Crippen molar-refractivity contribution in [2.24, 2.45) is 0 Å². The van der Waals surface area contributed by atoms with Crippen LogP contribution in [0.3, 0.4) is 0 Å². The van der Waals surface area contributed by atoms with Crippen molar-refractivity contribution in [3.8, 4) is 11.4 Å². The Hall–Kier alpha value is -2.92. The molecule has 3 aromatic rings. The summed E-state index contributed by atoms with van der Waals surface area (Å²) >= 11 is 5.84. The first-order chi connectivity index (χ1) is 12.7. The summed E-state index contributed by atoms with van der Waals surface area (Å²) in [5.74, 6) is 0.697. The molecule has 2 aromatic carbocycles. The lowest BCUT2D eigenvalue weighted by molar-refractivity contribution is 0.240. The van der Waals surface area contributed by atoms with Crippen LogP contribution in [0.25, 0.3) is 11.4 Å². The quantitative estimate of drug-likeness (QED) is 0.696. The van der Waals surface area contributed by atoms with Crippen molar-refractivity contribution in [2.45, 2.75) is 13.0 Å². The van der Waals surface area contributed by atoms with Crippen molar-refractivity contribution in [3.05, 3.63) is 83.1 Å². The highest BCUT2D eigenvalue weighted by Gasteiger charge is 2.03. The molecule has 0 aliphatic heterocycles. The van der Waals surface area contributed by atoms with Gasteiger partial charge >= 0.3 is 6.03 Å². The zero-order valence-electron chi connectivity index (χ0n) is 14.2. The van der Waals surface area contributed by atoms with E-state index >= 15 is 0 Å². The monoisotopic (exact) mass is 366 g/mol. The predicted octanol–water partition coefficient (Wildman–Crippen LogP) is 3.84. The van der Waals surface area contributed by atoms with Crippen LogP contribution in [0.15, 0.2) is 67.0 Å². The zero-order valence-corrected chi connectivity index (χ0v) is 14.9. The summed E-state index contributed by atoms with van der Waals surface area (Å²) in [6.07, 6.45) is 4.26. The van der Waals surface area contributed by atoms with Gasteiger partial charge in [-0.15, -0.1) is 0 Å². The first kappa shape index (κ1) is 17.9. The van der Waals surface area contributed by atoms with Gasteiger partial charge in [-0.05, 0) is 29.7 Å². The molecule has 1 heterocycles. The number of hydrogen-bond donors (Lipinski definition) is 2. The molecule has 0 radical (unpaired) electrons. The molecule has 132 valence electrons. The average Bonchev–Trinajstić information content (AvgIpc) is 2.69. The maximum absolute atomic E-state index is 11.8. The molecule has 1 aromatic heterocycles. The van der Waals surface area contributed by atoms with Gasteiger partial charge in [-0.1, -0.05) is 54.1 Å². The second-order valence-electron chi connectivity index (χ2n) is 5.77. The number of carbonyl (C=O) groups is 1. The number of rotatable bonds is 6. The van der Waals surface area contributed by atoms with E-state index in [0.717, 1.165) is 16.7 Å². The molecule has 3 rings (SSSR count). The van der Waals surface area contributed by atoms with Crippen molar-refractivity contribution in [1.29, 1.82) is 0 Å². The van der Waals surface area contributed by atoms with Crippen molar-refractivity contribution in [1.82, 2.24) is 20.6 Å². The second kappa shape index (κ2) is 8.97. The highest BCUT2D eigenvalue weighted by atomic mass is 35.5. The van der Waals surface area contributed by atoms with Gasteiger partial charge in [0.05, 0.1) is 0 Å². The number of halogens is 1. The smallest absolute Gasteiger partial charge is 0.315 e. The van der Waals surface area contributed by atoms with Crippen LogP contribution < -0.4 is 10.6 Å². The molecular formula is C20H19ClN4O. The fourth-order valence-electron chi connectivity index (χ4n) is 2.39. The summed E-state index contributed by atoms with van der Waals surface area (Å²) in [5.41, 5.74) is 2.95. The minimum Gasteiger partial charge on any atom is -0.338 e. The Kier molecular flexibility index (Phi) is 6.17. The number of nitrogens with one attached hydrogen (secondary N) is 2. The maximum atomic E-state index is 11.8. The lowest BCUT2D eigenvalue weighted by Crippen LogP contribution is -2.36. The third kappa shape index (κ3) is 5.29. The van der Waals surface area contributed by atoms with Crippen LogP contribution in [0.2, 0.25) is 5.02 Å². The van der Waals surface area contributed by atoms with Gasteiger partial charge in [0, 0.05) is 36.1 Å². The molecule has 0 fully saturated rings. The highest BCUT2D eigenvalue weighted by Crippen LogP contribution is 2.13. The largest absolute Gasteiger partial charge is 0.338 e. The molecule has 0 unspecified atom stereocenters. The van der Waals surface area contributed by atoms with E-state index in [0.29, 0.717) is 30.4 Å². The molecule has 5 nitrogen and oxygen atoms in total. The van der Waals surface area contributed by atoms with Crippen LogP contribution in [-0.2, 0) is 13.0 Å². The summed E-state index contributed by atoms with van der Waals surface area (Å²) < 4.78 is 0. The lowest BCUT2D eigenvalue weighted by atomic mass is 10.2. The third-order valence-corrected chi connectivity index (χ3v) is 4.05. The van der Waals surface area contributed by atoms with Crippen LogP contribution in [-0.4, -0.2) is 22.5 Å². The van der Waals surface area contributed by atoms with Gasteiger partial charge in [0.1, 0.15) is 0 Å². The minimum absolute atomic E-state index is 0.207. The van der Waals surface area contributed by atoms with E-state index in [1.165, 1.54) is 0 Å². The van der Waals surface area contributed by atoms with E-state index in [1.807, 2.05) is 42.5 Å². The summed E-state index contributed by atoms with van der Waals surface area (Å²) in [4.78, 5) is 20.6. The van der Waals surface area contributed by atoms with Crippen LogP contribution in [0.4, 0.5) is 4.79 Å². The molecule has 0 aliphatic rings. The lowest BCUT2D eigenvalue weighted by Gasteiger charge is -2.08. The van der Waals surface area contributed by atoms with Crippen LogP contribution >= 0.6 is 11.6 Å². The highest BCUT2D eigenvalue weighted by molar-refractivity contribution is 6.30. The Morgan fingerprint density at radius 3 is 2.27 bits per heavy atom. The van der Waals surface area contributed by atoms with Crippen molar-refractivity contribution in [3.63, 3.8) is 0 Å². The Morgan fingerprint density at radius 2 is 1.58 bits per heavy atom. The van der Waals surface area contributed by atoms with Gasteiger partial charge < -0.3 is 10.6 Å². The van der Waals surface area contributed by atoms with E-state index in [4.69, 9.17) is 11.6 Å². The molecule has 0 atom stereocenters. The van der Waals surface area contributed by atoms with Gasteiger partial charge in [0.25, 0.3) is 0 Å². The van der Waals surface area contributed by atoms with Gasteiger partial charge in [0.2, 0.25) is 0 Å². The van der Waals surface area contributed by atoms with E-state index in [-0.39, 0.29) is 6.03 Å². The van der Waals surface area contributed by atoms with E-state index in [9.17, 15) is 4.79 Å². The summed E-state index contributed by atoms with van der Waals surface area (Å²) in [6, 6.07) is 17.0. The topological polar surface area (TPSA) is 66.9 Å². The third-order valence-electron chi connectivity index (χ3n) is 3.80. The molecule has 0 aliphatic carbocycles. The standard InChI is InChI=1S/C20H19ClN4O/c21-18-8-6-15(7-9-18)12-25-20(26)22-11-10-16-13-23-19(24-14-16)17-4-2-1-3-5-17/h1-9,13-14H,10-12H2,(H2,22,25,26). The summed E-state index contributed by atoms with van der Waals surface area (Å²) in [7, 11) is 0. The van der Waals surface area contributed by atoms with Crippen LogP contribution in [0.1, 0.15) is 11.1 Å². The molecular weight excluding hydrogens is 348 g/mol. The Labute approximate surface area is 157 Å². The van der Waals surface area contributed by atoms with E-state index in [2.05, 4.69) is 20.6 Å². The molecule has 26 heavy (non-hydrogen) atoms. The number of carbonyl (C=O) groups excluding carboxylic acids is 1. The van der Waals surface area contributed by atoms with E-state index in [1.54, 1.807) is 24.5 Å². The maximum Gasteiger partial charge on any atom is 0.315 e. The Balaban J connectivity index is 1.41. The molecule has 0 spiro atoms. The first-order valence-corrected chi connectivity index (χ1v) is 8.71. The first-order valence-electron chi connectivity index (χ1n) is 8.33. The van der Waals surface area contributed by atoms with Gasteiger partial charge in [-0.25, -0.2) is 14.8 Å². The van der Waals surface area contributed by atoms with Crippen molar-refractivity contribution in [2.75, 3.05) is 6.54 Å². The number of aromatic nitrogens is 2. The number of urea groups is 1. The average molecular weight is 367 g/mol. The van der Waals surface area contributed by atoms with Gasteiger partial charge in [-0.2, -0.15) is 0 Å². The normalized spacial score (nSPS) is 10.3. The van der Waals surface area contributed by atoms with Gasteiger partial charge in [-0.3, -0.25) is 0 Å². The minimum atomic E-state index is -0.207. The Morgan fingerprint density at radius 1 is 0.885 bits per heavy atom. The second-order valence-corrected chi connectivity index (χ2v) is 6.20. The fraction of sp³-hybridized carbons (Fsp3) is 0.150. The van der Waals surface area contributed by atoms with Gasteiger partial charge in [0.15, 0.2) is 5.82 Å². The molecule has 0 saturated carbocycles.